The smallest absolute Gasteiger partial charge is 0.331 e. The molecule has 0 saturated carbocycles. The van der Waals surface area contributed by atoms with Crippen LogP contribution in [0.1, 0.15) is 11.1 Å². The average molecular weight is 447 g/mol. The number of carbonyl (C=O) groups is 2. The minimum absolute atomic E-state index is 0.410. The molecule has 0 spiro atoms. The highest BCUT2D eigenvalue weighted by Gasteiger charge is 2.08. The third-order valence-electron chi connectivity index (χ3n) is 4.44. The summed E-state index contributed by atoms with van der Waals surface area (Å²) in [5, 5.41) is 11.1. The van der Waals surface area contributed by atoms with Crippen LogP contribution in [0.15, 0.2) is 83.0 Å². The monoisotopic (exact) mass is 447 g/mol. The maximum Gasteiger partial charge on any atom is 0.331 e. The highest BCUT2D eigenvalue weighted by molar-refractivity contribution is 5.94. The summed E-state index contributed by atoms with van der Waals surface area (Å²) < 4.78 is 23.3. The number of nitrogens with zero attached hydrogens (tertiary/aromatic N) is 2. The van der Waals surface area contributed by atoms with Crippen molar-refractivity contribution in [2.75, 3.05) is 19.0 Å². The van der Waals surface area contributed by atoms with Crippen LogP contribution in [-0.4, -0.2) is 25.6 Å². The van der Waals surface area contributed by atoms with E-state index in [0.717, 1.165) is 11.6 Å². The first-order chi connectivity index (χ1) is 15.9. The van der Waals surface area contributed by atoms with Gasteiger partial charge in [-0.25, -0.2) is 9.18 Å². The van der Waals surface area contributed by atoms with Gasteiger partial charge >= 0.3 is 5.97 Å². The second-order valence-electron chi connectivity index (χ2n) is 6.92. The minimum atomic E-state index is -0.710. The molecule has 0 saturated heterocycles. The number of benzene rings is 3. The molecule has 0 aromatic heterocycles. The van der Waals surface area contributed by atoms with E-state index in [-0.39, 0.29) is 0 Å². The van der Waals surface area contributed by atoms with Crippen molar-refractivity contribution >= 4 is 35.0 Å². The number of aryl methyl sites for hydroxylation is 1. The van der Waals surface area contributed by atoms with E-state index in [0.29, 0.717) is 28.4 Å². The number of para-hydroxylation sites is 1. The number of hydrogen-bond donors (Lipinski definition) is 1. The summed E-state index contributed by atoms with van der Waals surface area (Å²) in [7, 11) is 1.56. The van der Waals surface area contributed by atoms with E-state index in [1.165, 1.54) is 24.3 Å². The Bertz CT molecular complexity index is 1210. The van der Waals surface area contributed by atoms with E-state index in [1.807, 2.05) is 19.1 Å². The summed E-state index contributed by atoms with van der Waals surface area (Å²) in [6.07, 6.45) is 2.54. The van der Waals surface area contributed by atoms with Crippen LogP contribution in [0.5, 0.6) is 5.75 Å². The molecular formula is C25H22FN3O4. The number of azo groups is 1. The van der Waals surface area contributed by atoms with Crippen molar-refractivity contribution in [1.29, 1.82) is 0 Å². The second-order valence-corrected chi connectivity index (χ2v) is 6.92. The zero-order chi connectivity index (χ0) is 23.6. The Hall–Kier alpha value is -4.33. The van der Waals surface area contributed by atoms with E-state index in [2.05, 4.69) is 15.5 Å². The van der Waals surface area contributed by atoms with E-state index in [4.69, 9.17) is 9.47 Å². The molecule has 0 aliphatic heterocycles. The van der Waals surface area contributed by atoms with Crippen molar-refractivity contribution in [1.82, 2.24) is 0 Å². The Morgan fingerprint density at radius 3 is 2.55 bits per heavy atom. The van der Waals surface area contributed by atoms with Gasteiger partial charge in [0.15, 0.2) is 6.61 Å². The molecule has 1 N–H and O–H groups in total. The largest absolute Gasteiger partial charge is 0.494 e. The maximum atomic E-state index is 13.1. The molecule has 1 amide bonds. The normalized spacial score (nSPS) is 11.0. The molecule has 7 nitrogen and oxygen atoms in total. The number of rotatable bonds is 8. The molecule has 0 atom stereocenters. The quantitative estimate of drug-likeness (QED) is 0.270. The van der Waals surface area contributed by atoms with Crippen LogP contribution in [0.4, 0.5) is 21.5 Å². The predicted octanol–water partition coefficient (Wildman–Crippen LogP) is 5.75. The van der Waals surface area contributed by atoms with Crippen molar-refractivity contribution in [3.05, 3.63) is 89.8 Å². The van der Waals surface area contributed by atoms with Crippen molar-refractivity contribution < 1.29 is 23.5 Å². The lowest BCUT2D eigenvalue weighted by Gasteiger charge is -2.08. The van der Waals surface area contributed by atoms with Gasteiger partial charge in [-0.3, -0.25) is 4.79 Å². The Morgan fingerprint density at radius 1 is 1.00 bits per heavy atom. The standard InChI is InChI=1S/C25H22FN3O4/c1-17-14-20(11-12-21(17)28-29-22-8-3-4-9-23(22)32-2)27-24(30)16-33-25(31)13-10-18-6-5-7-19(26)15-18/h3-15H,16H2,1-2H3,(H,27,30). The van der Waals surface area contributed by atoms with Gasteiger partial charge < -0.3 is 14.8 Å². The van der Waals surface area contributed by atoms with E-state index in [9.17, 15) is 14.0 Å². The van der Waals surface area contributed by atoms with E-state index >= 15 is 0 Å². The predicted molar refractivity (Wildman–Crippen MR) is 123 cm³/mol. The van der Waals surface area contributed by atoms with E-state index < -0.39 is 24.3 Å². The lowest BCUT2D eigenvalue weighted by molar-refractivity contribution is -0.142. The molecule has 0 aliphatic rings. The van der Waals surface area contributed by atoms with Crippen LogP contribution in [0.25, 0.3) is 6.08 Å². The van der Waals surface area contributed by atoms with Crippen molar-refractivity contribution in [2.45, 2.75) is 6.92 Å². The summed E-state index contributed by atoms with van der Waals surface area (Å²) in [5.74, 6) is -1.00. The summed E-state index contributed by atoms with van der Waals surface area (Å²) in [5.41, 5.74) is 3.06. The second kappa shape index (κ2) is 11.3. The van der Waals surface area contributed by atoms with Crippen molar-refractivity contribution in [3.8, 4) is 5.75 Å². The molecule has 0 heterocycles. The van der Waals surface area contributed by atoms with Gasteiger partial charge in [0.1, 0.15) is 17.3 Å². The summed E-state index contributed by atoms with van der Waals surface area (Å²) in [6.45, 7) is 1.38. The molecule has 0 aliphatic carbocycles. The fraction of sp³-hybridized carbons (Fsp3) is 0.120. The van der Waals surface area contributed by atoms with Gasteiger partial charge in [0.05, 0.1) is 12.8 Å². The molecule has 33 heavy (non-hydrogen) atoms. The molecule has 0 unspecified atom stereocenters. The van der Waals surface area contributed by atoms with Crippen LogP contribution in [-0.2, 0) is 14.3 Å². The zero-order valence-electron chi connectivity index (χ0n) is 18.1. The first-order valence-electron chi connectivity index (χ1n) is 10.0. The van der Waals surface area contributed by atoms with E-state index in [1.54, 1.807) is 43.5 Å². The van der Waals surface area contributed by atoms with Gasteiger partial charge in [-0.1, -0.05) is 24.3 Å². The fourth-order valence-corrected chi connectivity index (χ4v) is 2.82. The van der Waals surface area contributed by atoms with Gasteiger partial charge in [0.2, 0.25) is 0 Å². The SMILES string of the molecule is COc1ccccc1N=Nc1ccc(NC(=O)COC(=O)C=Cc2cccc(F)c2)cc1C. The van der Waals surface area contributed by atoms with Crippen molar-refractivity contribution in [3.63, 3.8) is 0 Å². The van der Waals surface area contributed by atoms with Crippen LogP contribution in [0, 0.1) is 12.7 Å². The molecule has 0 radical (unpaired) electrons. The Kier molecular flexibility index (Phi) is 8.02. The van der Waals surface area contributed by atoms with Crippen LogP contribution in [0.2, 0.25) is 0 Å². The molecule has 168 valence electrons. The molecule has 3 rings (SSSR count). The summed E-state index contributed by atoms with van der Waals surface area (Å²) >= 11 is 0. The topological polar surface area (TPSA) is 89.3 Å². The average Bonchev–Trinajstić information content (AvgIpc) is 2.81. The van der Waals surface area contributed by atoms with Crippen LogP contribution >= 0.6 is 0 Å². The number of anilines is 1. The first kappa shape index (κ1) is 23.3. The molecule has 0 bridgehead atoms. The lowest BCUT2D eigenvalue weighted by atomic mass is 10.2. The van der Waals surface area contributed by atoms with Gasteiger partial charge in [-0.15, -0.1) is 5.11 Å². The Labute approximate surface area is 190 Å². The number of nitrogens with one attached hydrogen (secondary N) is 1. The number of hydrogen-bond acceptors (Lipinski definition) is 6. The maximum absolute atomic E-state index is 13.1. The number of ether oxygens (including phenoxy) is 2. The Balaban J connectivity index is 1.53. The Morgan fingerprint density at radius 2 is 1.79 bits per heavy atom. The van der Waals surface area contributed by atoms with Crippen LogP contribution in [0.3, 0.4) is 0 Å². The van der Waals surface area contributed by atoms with Gasteiger partial charge in [0.25, 0.3) is 5.91 Å². The number of methoxy groups -OCH3 is 1. The third-order valence-corrected chi connectivity index (χ3v) is 4.44. The number of amides is 1. The molecular weight excluding hydrogens is 425 g/mol. The minimum Gasteiger partial charge on any atom is -0.494 e. The molecule has 3 aromatic carbocycles. The number of halogens is 1. The summed E-state index contributed by atoms with van der Waals surface area (Å²) in [4.78, 5) is 23.9. The van der Waals surface area contributed by atoms with Gasteiger partial charge in [-0.05, 0) is 66.6 Å². The zero-order valence-corrected chi connectivity index (χ0v) is 18.1. The van der Waals surface area contributed by atoms with Gasteiger partial charge in [-0.2, -0.15) is 5.11 Å². The molecule has 8 heteroatoms. The summed E-state index contributed by atoms with van der Waals surface area (Å²) in [6, 6.07) is 18.2. The van der Waals surface area contributed by atoms with Crippen molar-refractivity contribution in [2.24, 2.45) is 10.2 Å². The fourth-order valence-electron chi connectivity index (χ4n) is 2.82. The van der Waals surface area contributed by atoms with Crippen LogP contribution < -0.4 is 10.1 Å². The number of carbonyl (C=O) groups excluding carboxylic acids is 2. The number of esters is 1. The highest BCUT2D eigenvalue weighted by Crippen LogP contribution is 2.30. The highest BCUT2D eigenvalue weighted by atomic mass is 19.1. The van der Waals surface area contributed by atoms with Gasteiger partial charge in [0, 0.05) is 11.8 Å². The molecule has 3 aromatic rings. The lowest BCUT2D eigenvalue weighted by Crippen LogP contribution is -2.20. The third kappa shape index (κ3) is 7.10. The molecule has 0 fully saturated rings. The first-order valence-corrected chi connectivity index (χ1v) is 10.0.